The summed E-state index contributed by atoms with van der Waals surface area (Å²) in [5, 5.41) is 6.21. The van der Waals surface area contributed by atoms with Gasteiger partial charge in [-0.05, 0) is 72.9 Å². The number of hydrogen-bond acceptors (Lipinski definition) is 8. The molecule has 6 rings (SSSR count). The van der Waals surface area contributed by atoms with E-state index in [9.17, 15) is 40.8 Å². The molecule has 2 aromatic rings. The Morgan fingerprint density at radius 3 is 2.33 bits per heavy atom. The van der Waals surface area contributed by atoms with E-state index in [1.54, 1.807) is 39.8 Å². The average molecular weight is 796 g/mol. The number of carbonyl (C=O) groups is 4. The van der Waals surface area contributed by atoms with E-state index in [0.717, 1.165) is 23.3 Å². The van der Waals surface area contributed by atoms with Gasteiger partial charge in [-0.1, -0.05) is 63.9 Å². The van der Waals surface area contributed by atoms with Crippen LogP contribution >= 0.6 is 11.6 Å². The van der Waals surface area contributed by atoms with E-state index < -0.39 is 79.5 Å². The summed E-state index contributed by atoms with van der Waals surface area (Å²) in [6.07, 6.45) is -5.05. The number of likely N-dealkylation sites (tertiary alicyclic amines) is 1. The molecule has 0 radical (unpaired) electrons. The van der Waals surface area contributed by atoms with Crippen molar-refractivity contribution in [3.63, 3.8) is 0 Å². The molecule has 17 heteroatoms. The van der Waals surface area contributed by atoms with Crippen molar-refractivity contribution in [2.75, 3.05) is 11.9 Å². The number of halogens is 4. The van der Waals surface area contributed by atoms with Gasteiger partial charge in [-0.25, -0.2) is 13.2 Å². The molecule has 3 fully saturated rings. The summed E-state index contributed by atoms with van der Waals surface area (Å²) in [7, 11) is -4.03. The number of nitrogens with one attached hydrogen (secondary N) is 3. The lowest BCUT2D eigenvalue weighted by Crippen LogP contribution is -2.59. The van der Waals surface area contributed by atoms with Crippen LogP contribution in [-0.2, 0) is 48.4 Å². The molecule has 2 aromatic carbocycles. The quantitative estimate of drug-likeness (QED) is 0.282. The van der Waals surface area contributed by atoms with Crippen LogP contribution in [0.5, 0.6) is 0 Å². The number of amides is 4. The fourth-order valence-corrected chi connectivity index (χ4v) is 8.83. The molecule has 5 unspecified atom stereocenters. The van der Waals surface area contributed by atoms with Crippen LogP contribution in [0.15, 0.2) is 42.5 Å². The highest BCUT2D eigenvalue weighted by atomic mass is 35.5. The Kier molecular flexibility index (Phi) is 10.2. The molecule has 0 aromatic heterocycles. The maximum atomic E-state index is 14.5. The smallest absolute Gasteiger partial charge is 0.416 e. The first-order valence-electron chi connectivity index (χ1n) is 17.9. The summed E-state index contributed by atoms with van der Waals surface area (Å²) in [5.41, 5.74) is -1.71. The second-order valence-electron chi connectivity index (χ2n) is 16.2. The molecule has 294 valence electrons. The van der Waals surface area contributed by atoms with Crippen molar-refractivity contribution in [3.05, 3.63) is 64.2 Å². The van der Waals surface area contributed by atoms with Gasteiger partial charge in [0.05, 0.1) is 23.4 Å². The van der Waals surface area contributed by atoms with E-state index in [1.807, 2.05) is 6.07 Å². The number of nitrogens with zero attached hydrogens (tertiary/aromatic N) is 2. The summed E-state index contributed by atoms with van der Waals surface area (Å²) in [6, 6.07) is 7.31. The Bertz CT molecular complexity index is 1970. The number of ether oxygens (including phenoxy) is 1. The molecule has 0 spiro atoms. The first-order valence-corrected chi connectivity index (χ1v) is 19.8. The van der Waals surface area contributed by atoms with Gasteiger partial charge in [0, 0.05) is 23.7 Å². The second kappa shape index (κ2) is 13.9. The fourth-order valence-electron chi connectivity index (χ4n) is 7.26. The highest BCUT2D eigenvalue weighted by molar-refractivity contribution is 7.91. The summed E-state index contributed by atoms with van der Waals surface area (Å²) in [6.45, 7) is 8.68. The normalized spacial score (nSPS) is 25.0. The molecule has 5 atom stereocenters. The number of sulfonamides is 1. The molecule has 1 saturated heterocycles. The fraction of sp³-hybridized carbons (Fsp3) is 0.568. The third kappa shape index (κ3) is 7.73. The zero-order chi connectivity index (χ0) is 39.6. The van der Waals surface area contributed by atoms with E-state index in [1.165, 1.54) is 28.9 Å². The zero-order valence-corrected chi connectivity index (χ0v) is 32.3. The van der Waals surface area contributed by atoms with Crippen LogP contribution < -0.4 is 15.4 Å². The lowest BCUT2D eigenvalue weighted by Gasteiger charge is -2.36. The zero-order valence-electron chi connectivity index (χ0n) is 30.7. The van der Waals surface area contributed by atoms with Crippen molar-refractivity contribution in [2.45, 2.75) is 114 Å². The van der Waals surface area contributed by atoms with Crippen LogP contribution in [0.3, 0.4) is 0 Å². The minimum absolute atomic E-state index is 0.0264. The second-order valence-corrected chi connectivity index (χ2v) is 18.8. The maximum absolute atomic E-state index is 14.5. The first-order chi connectivity index (χ1) is 25.1. The van der Waals surface area contributed by atoms with E-state index >= 15 is 0 Å². The molecule has 2 aliphatic carbocycles. The van der Waals surface area contributed by atoms with Gasteiger partial charge in [0.2, 0.25) is 21.8 Å². The topological polar surface area (TPSA) is 154 Å². The van der Waals surface area contributed by atoms with Crippen molar-refractivity contribution in [3.8, 4) is 0 Å². The predicted molar refractivity (Wildman–Crippen MR) is 193 cm³/mol. The van der Waals surface area contributed by atoms with Gasteiger partial charge in [0.1, 0.15) is 23.7 Å². The van der Waals surface area contributed by atoms with Gasteiger partial charge in [0.25, 0.3) is 5.91 Å². The van der Waals surface area contributed by atoms with Crippen LogP contribution in [0.25, 0.3) is 0 Å². The van der Waals surface area contributed by atoms with Crippen LogP contribution in [-0.4, -0.2) is 77.1 Å². The number of alkyl halides is 3. The number of anilines is 1. The van der Waals surface area contributed by atoms with Crippen molar-refractivity contribution in [1.29, 1.82) is 0 Å². The van der Waals surface area contributed by atoms with Gasteiger partial charge in [-0.2, -0.15) is 13.2 Å². The van der Waals surface area contributed by atoms with Crippen molar-refractivity contribution >= 4 is 51.1 Å². The number of carbonyl (C=O) groups excluding carboxylic acids is 4. The van der Waals surface area contributed by atoms with Gasteiger partial charge < -0.3 is 20.3 Å². The Morgan fingerprint density at radius 2 is 1.74 bits per heavy atom. The number of rotatable bonds is 10. The Balaban J connectivity index is 1.26. The van der Waals surface area contributed by atoms with Gasteiger partial charge >= 0.3 is 12.3 Å². The number of fused-ring (bicyclic) bond motifs is 1. The van der Waals surface area contributed by atoms with Crippen molar-refractivity contribution < 1.29 is 45.5 Å². The highest BCUT2D eigenvalue weighted by Gasteiger charge is 2.63. The van der Waals surface area contributed by atoms with E-state index in [2.05, 4.69) is 15.4 Å². The summed E-state index contributed by atoms with van der Waals surface area (Å²) in [4.78, 5) is 58.5. The van der Waals surface area contributed by atoms with Gasteiger partial charge in [-0.15, -0.1) is 0 Å². The standard InChI is InChI=1S/C37H45ClF3N5O7S/c1-6-22-17-36(22,32(49)44-54(51,52)35(5)13-14-35)43-30(47)28-16-25(53-33(50)45-18-21-9-7-12-27(38)26(21)20-45)19-46(28)31(48)29(34(2,3)4)42-24-11-8-10-23(15-24)37(39,40)41/h7-12,15,22,25,28-29,42H,6,13-14,16-20H2,1-5H3,(H,43,47)(H,44,49). The first kappa shape index (κ1) is 39.6. The molecule has 4 amide bonds. The van der Waals surface area contributed by atoms with Crippen molar-refractivity contribution in [2.24, 2.45) is 11.3 Å². The summed E-state index contributed by atoms with van der Waals surface area (Å²) in [5.74, 6) is -2.64. The molecule has 0 bridgehead atoms. The number of benzene rings is 2. The molecular formula is C37H45ClF3N5O7S. The van der Waals surface area contributed by atoms with Gasteiger partial charge in [-0.3, -0.25) is 24.0 Å². The SMILES string of the molecule is CCC1CC1(NC(=O)C1CC(OC(=O)N2Cc3cccc(Cl)c3C2)CN1C(=O)C(Nc1cccc(C(F)(F)F)c1)C(C)(C)C)C(=O)NS(=O)(=O)C1(C)CC1. The van der Waals surface area contributed by atoms with E-state index in [0.29, 0.717) is 24.3 Å². The minimum atomic E-state index is -4.63. The van der Waals surface area contributed by atoms with Crippen LogP contribution in [0.2, 0.25) is 5.02 Å². The molecule has 2 heterocycles. The van der Waals surface area contributed by atoms with Crippen molar-refractivity contribution in [1.82, 2.24) is 19.8 Å². The molecule has 54 heavy (non-hydrogen) atoms. The minimum Gasteiger partial charge on any atom is -0.444 e. The molecule has 2 aliphatic heterocycles. The summed E-state index contributed by atoms with van der Waals surface area (Å²) >= 11 is 6.34. The number of hydrogen-bond donors (Lipinski definition) is 3. The average Bonchev–Trinajstić information content (AvgIpc) is 3.89. The van der Waals surface area contributed by atoms with Crippen LogP contribution in [0.4, 0.5) is 23.7 Å². The van der Waals surface area contributed by atoms with Crippen LogP contribution in [0.1, 0.15) is 83.4 Å². The molecular weight excluding hydrogens is 751 g/mol. The molecule has 3 N–H and O–H groups in total. The Labute approximate surface area is 317 Å². The lowest BCUT2D eigenvalue weighted by atomic mass is 9.85. The monoisotopic (exact) mass is 795 g/mol. The Hall–Kier alpha value is -4.05. The molecule has 12 nitrogen and oxygen atoms in total. The van der Waals surface area contributed by atoms with E-state index in [4.69, 9.17) is 16.3 Å². The molecule has 4 aliphatic rings. The van der Waals surface area contributed by atoms with Gasteiger partial charge in [0.15, 0.2) is 0 Å². The largest absolute Gasteiger partial charge is 0.444 e. The predicted octanol–water partition coefficient (Wildman–Crippen LogP) is 5.59. The van der Waals surface area contributed by atoms with Crippen LogP contribution in [0, 0.1) is 11.3 Å². The molecule has 2 saturated carbocycles. The third-order valence-corrected chi connectivity index (χ3v) is 13.6. The lowest BCUT2D eigenvalue weighted by molar-refractivity contribution is -0.141. The Morgan fingerprint density at radius 1 is 1.06 bits per heavy atom. The maximum Gasteiger partial charge on any atom is 0.416 e. The third-order valence-electron chi connectivity index (χ3n) is 11.1. The highest BCUT2D eigenvalue weighted by Crippen LogP contribution is 2.48. The summed E-state index contributed by atoms with van der Waals surface area (Å²) < 4.78 is 73.7. The van der Waals surface area contributed by atoms with E-state index in [-0.39, 0.29) is 44.1 Å².